The minimum atomic E-state index is -0.509. The summed E-state index contributed by atoms with van der Waals surface area (Å²) in [5.74, 6) is -0.731. The minimum Gasteiger partial charge on any atom is -0.385 e. The van der Waals surface area contributed by atoms with E-state index in [9.17, 15) is 19.7 Å². The average Bonchev–Trinajstić information content (AvgIpc) is 2.75. The second-order valence-corrected chi connectivity index (χ2v) is 6.72. The lowest BCUT2D eigenvalue weighted by Crippen LogP contribution is -2.33. The zero-order chi connectivity index (χ0) is 22.6. The highest BCUT2D eigenvalue weighted by molar-refractivity contribution is 7.80. The van der Waals surface area contributed by atoms with Gasteiger partial charge in [-0.05, 0) is 48.5 Å². The van der Waals surface area contributed by atoms with Gasteiger partial charge in [-0.2, -0.15) is 0 Å². The molecule has 2 amide bonds. The van der Waals surface area contributed by atoms with Crippen LogP contribution in [0.5, 0.6) is 0 Å². The molecule has 0 atom stereocenters. The van der Waals surface area contributed by atoms with E-state index >= 15 is 0 Å². The Hall–Kier alpha value is -3.63. The van der Waals surface area contributed by atoms with Crippen LogP contribution in [0.3, 0.4) is 0 Å². The molecule has 0 aliphatic rings. The maximum Gasteiger partial charge on any atom is 0.270 e. The number of amides is 2. The number of rotatable bonds is 9. The Kier molecular flexibility index (Phi) is 9.27. The third-order valence-electron chi connectivity index (χ3n) is 3.94. The summed E-state index contributed by atoms with van der Waals surface area (Å²) in [6.45, 7) is 1.06. The first kappa shape index (κ1) is 23.6. The van der Waals surface area contributed by atoms with Gasteiger partial charge in [0.05, 0.1) is 4.92 Å². The van der Waals surface area contributed by atoms with Crippen LogP contribution in [-0.2, 0) is 9.53 Å². The number of anilines is 1. The molecule has 0 spiro atoms. The molecule has 162 valence electrons. The Morgan fingerprint density at radius 1 is 1.19 bits per heavy atom. The van der Waals surface area contributed by atoms with E-state index in [0.29, 0.717) is 36.4 Å². The van der Waals surface area contributed by atoms with Crippen LogP contribution >= 0.6 is 12.2 Å². The normalized spacial score (nSPS) is 10.5. The van der Waals surface area contributed by atoms with Crippen molar-refractivity contribution in [2.24, 2.45) is 0 Å². The molecule has 2 aromatic rings. The molecular formula is C21H22N4O5S. The summed E-state index contributed by atoms with van der Waals surface area (Å²) >= 11 is 5.13. The van der Waals surface area contributed by atoms with E-state index in [2.05, 4.69) is 16.0 Å². The fourth-order valence-electron chi connectivity index (χ4n) is 2.49. The van der Waals surface area contributed by atoms with E-state index in [1.807, 2.05) is 0 Å². The van der Waals surface area contributed by atoms with E-state index in [4.69, 9.17) is 17.0 Å². The second kappa shape index (κ2) is 12.2. The number of hydrogen-bond donors (Lipinski definition) is 3. The van der Waals surface area contributed by atoms with Crippen molar-refractivity contribution in [3.8, 4) is 0 Å². The number of thiocarbonyl (C=S) groups is 1. The summed E-state index contributed by atoms with van der Waals surface area (Å²) in [5, 5.41) is 19.0. The van der Waals surface area contributed by atoms with Gasteiger partial charge in [-0.25, -0.2) is 0 Å². The molecule has 10 heteroatoms. The van der Waals surface area contributed by atoms with Crippen molar-refractivity contribution >= 4 is 46.6 Å². The number of nitrogens with zero attached hydrogens (tertiary/aromatic N) is 1. The molecule has 0 saturated carbocycles. The summed E-state index contributed by atoms with van der Waals surface area (Å²) in [6.07, 6.45) is 3.37. The van der Waals surface area contributed by atoms with Gasteiger partial charge in [0, 0.05) is 49.7 Å². The predicted octanol–water partition coefficient (Wildman–Crippen LogP) is 2.89. The van der Waals surface area contributed by atoms with Crippen LogP contribution < -0.4 is 16.0 Å². The highest BCUT2D eigenvalue weighted by Gasteiger charge is 2.08. The van der Waals surface area contributed by atoms with E-state index in [1.54, 1.807) is 37.4 Å². The molecule has 0 saturated heterocycles. The Morgan fingerprint density at radius 2 is 1.97 bits per heavy atom. The molecule has 0 bridgehead atoms. The van der Waals surface area contributed by atoms with Crippen molar-refractivity contribution in [2.45, 2.75) is 6.42 Å². The number of non-ortho nitro benzene ring substituents is 1. The van der Waals surface area contributed by atoms with Crippen molar-refractivity contribution < 1.29 is 19.2 Å². The molecule has 2 rings (SSSR count). The van der Waals surface area contributed by atoms with Crippen molar-refractivity contribution in [1.82, 2.24) is 10.6 Å². The first-order valence-electron chi connectivity index (χ1n) is 9.31. The quantitative estimate of drug-likeness (QED) is 0.179. The average molecular weight is 442 g/mol. The molecule has 0 aliphatic carbocycles. The second-order valence-electron chi connectivity index (χ2n) is 6.31. The molecule has 0 fully saturated rings. The Bertz CT molecular complexity index is 993. The summed E-state index contributed by atoms with van der Waals surface area (Å²) in [6, 6.07) is 12.6. The van der Waals surface area contributed by atoms with E-state index < -0.39 is 10.8 Å². The molecule has 0 unspecified atom stereocenters. The molecule has 9 nitrogen and oxygen atoms in total. The smallest absolute Gasteiger partial charge is 0.270 e. The number of nitro groups is 1. The fourth-order valence-corrected chi connectivity index (χ4v) is 2.71. The first-order chi connectivity index (χ1) is 14.9. The highest BCUT2D eigenvalue weighted by atomic mass is 32.1. The van der Waals surface area contributed by atoms with Gasteiger partial charge in [0.1, 0.15) is 0 Å². The number of benzene rings is 2. The highest BCUT2D eigenvalue weighted by Crippen LogP contribution is 2.14. The molecule has 31 heavy (non-hydrogen) atoms. The number of carbonyl (C=O) groups excluding carboxylic acids is 2. The van der Waals surface area contributed by atoms with Gasteiger partial charge < -0.3 is 15.4 Å². The largest absolute Gasteiger partial charge is 0.385 e. The maximum absolute atomic E-state index is 12.2. The van der Waals surface area contributed by atoms with Gasteiger partial charge in [-0.1, -0.05) is 18.2 Å². The van der Waals surface area contributed by atoms with Gasteiger partial charge in [0.2, 0.25) is 5.91 Å². The van der Waals surface area contributed by atoms with Crippen LogP contribution in [-0.4, -0.2) is 42.1 Å². The molecule has 0 aliphatic heterocycles. The molecule has 0 heterocycles. The summed E-state index contributed by atoms with van der Waals surface area (Å²) < 4.78 is 4.94. The SMILES string of the molecule is COCCCNC(=O)c1cccc(NC(=S)NC(=O)/C=C/c2cccc([N+](=O)[O-])c2)c1. The van der Waals surface area contributed by atoms with Gasteiger partial charge in [0.25, 0.3) is 11.6 Å². The van der Waals surface area contributed by atoms with E-state index in [1.165, 1.54) is 30.4 Å². The third kappa shape index (κ3) is 8.33. The lowest BCUT2D eigenvalue weighted by atomic mass is 10.2. The first-order valence-corrected chi connectivity index (χ1v) is 9.71. The van der Waals surface area contributed by atoms with Crippen LogP contribution in [0.25, 0.3) is 6.08 Å². The zero-order valence-electron chi connectivity index (χ0n) is 16.8. The van der Waals surface area contributed by atoms with E-state index in [0.717, 1.165) is 0 Å². The number of methoxy groups -OCH3 is 1. The zero-order valence-corrected chi connectivity index (χ0v) is 17.6. The number of ether oxygens (including phenoxy) is 1. The minimum absolute atomic E-state index is 0.0475. The van der Waals surface area contributed by atoms with Crippen molar-refractivity contribution in [3.05, 3.63) is 75.8 Å². The van der Waals surface area contributed by atoms with Gasteiger partial charge in [-0.15, -0.1) is 0 Å². The third-order valence-corrected chi connectivity index (χ3v) is 4.14. The van der Waals surface area contributed by atoms with Crippen LogP contribution in [0.4, 0.5) is 11.4 Å². The molecule has 0 radical (unpaired) electrons. The lowest BCUT2D eigenvalue weighted by Gasteiger charge is -2.10. The van der Waals surface area contributed by atoms with Gasteiger partial charge in [0.15, 0.2) is 5.11 Å². The maximum atomic E-state index is 12.2. The molecule has 0 aromatic heterocycles. The Labute approximate surface area is 184 Å². The van der Waals surface area contributed by atoms with Crippen LogP contribution in [0.15, 0.2) is 54.6 Å². The van der Waals surface area contributed by atoms with Crippen molar-refractivity contribution in [2.75, 3.05) is 25.6 Å². The topological polar surface area (TPSA) is 123 Å². The van der Waals surface area contributed by atoms with Crippen LogP contribution in [0, 0.1) is 10.1 Å². The van der Waals surface area contributed by atoms with Crippen molar-refractivity contribution in [3.63, 3.8) is 0 Å². The summed E-state index contributed by atoms with van der Waals surface area (Å²) in [4.78, 5) is 34.5. The summed E-state index contributed by atoms with van der Waals surface area (Å²) in [7, 11) is 1.60. The van der Waals surface area contributed by atoms with Crippen LogP contribution in [0.2, 0.25) is 0 Å². The number of nitro benzene ring substituents is 1. The monoisotopic (exact) mass is 442 g/mol. The standard InChI is InChI=1S/C21H22N4O5S/c1-30-12-4-11-22-20(27)16-6-3-7-17(14-16)23-21(31)24-19(26)10-9-15-5-2-8-18(13-15)25(28)29/h2-3,5-10,13-14H,4,11-12H2,1H3,(H,22,27)(H2,23,24,26,31)/b10-9+. The molecule has 3 N–H and O–H groups in total. The number of hydrogen-bond acceptors (Lipinski definition) is 6. The van der Waals surface area contributed by atoms with Gasteiger partial charge in [-0.3, -0.25) is 25.0 Å². The Morgan fingerprint density at radius 3 is 2.71 bits per heavy atom. The fraction of sp³-hybridized carbons (Fsp3) is 0.190. The number of nitrogens with one attached hydrogen (secondary N) is 3. The molecular weight excluding hydrogens is 420 g/mol. The number of carbonyl (C=O) groups is 2. The lowest BCUT2D eigenvalue weighted by molar-refractivity contribution is -0.384. The van der Waals surface area contributed by atoms with Crippen LogP contribution in [0.1, 0.15) is 22.3 Å². The van der Waals surface area contributed by atoms with Crippen molar-refractivity contribution in [1.29, 1.82) is 0 Å². The summed E-state index contributed by atoms with van der Waals surface area (Å²) in [5.41, 5.74) is 1.43. The molecule has 2 aromatic carbocycles. The van der Waals surface area contributed by atoms with E-state index in [-0.39, 0.29) is 16.7 Å². The van der Waals surface area contributed by atoms with Gasteiger partial charge >= 0.3 is 0 Å². The predicted molar refractivity (Wildman–Crippen MR) is 122 cm³/mol. The Balaban J connectivity index is 1.89.